The van der Waals surface area contributed by atoms with E-state index in [-0.39, 0.29) is 11.1 Å². The number of pyridine rings is 1. The Morgan fingerprint density at radius 3 is 2.60 bits per heavy atom. The lowest BCUT2D eigenvalue weighted by Crippen LogP contribution is -2.15. The van der Waals surface area contributed by atoms with Crippen LogP contribution in [0.1, 0.15) is 23.6 Å². The molecule has 2 aromatic rings. The lowest BCUT2D eigenvalue weighted by atomic mass is 9.99. The van der Waals surface area contributed by atoms with Gasteiger partial charge in [0.25, 0.3) is 5.56 Å². The molecule has 0 radical (unpaired) electrons. The van der Waals surface area contributed by atoms with Crippen LogP contribution in [-0.2, 0) is 0 Å². The molecule has 0 saturated heterocycles. The zero-order valence-corrected chi connectivity index (χ0v) is 11.8. The maximum Gasteiger partial charge on any atom is 0.266 e. The molecule has 0 aliphatic heterocycles. The highest BCUT2D eigenvalue weighted by atomic mass is 16.5. The van der Waals surface area contributed by atoms with E-state index in [2.05, 4.69) is 4.98 Å². The first-order valence-corrected chi connectivity index (χ1v) is 6.45. The van der Waals surface area contributed by atoms with E-state index in [1.54, 1.807) is 6.92 Å². The number of rotatable bonds is 3. The number of H-pyrrole nitrogens is 1. The molecule has 20 heavy (non-hydrogen) atoms. The van der Waals surface area contributed by atoms with Gasteiger partial charge < -0.3 is 9.72 Å². The molecule has 0 fully saturated rings. The second-order valence-electron chi connectivity index (χ2n) is 4.50. The van der Waals surface area contributed by atoms with Gasteiger partial charge in [0.2, 0.25) is 0 Å². The minimum Gasteiger partial charge on any atom is -0.493 e. The maximum atomic E-state index is 12.0. The number of benzene rings is 1. The maximum absolute atomic E-state index is 12.0. The summed E-state index contributed by atoms with van der Waals surface area (Å²) in [6.07, 6.45) is 0. The first-order valence-electron chi connectivity index (χ1n) is 6.45. The third-order valence-corrected chi connectivity index (χ3v) is 3.35. The Balaban J connectivity index is 2.72. The van der Waals surface area contributed by atoms with Gasteiger partial charge in [0.15, 0.2) is 0 Å². The van der Waals surface area contributed by atoms with E-state index in [1.807, 2.05) is 44.2 Å². The van der Waals surface area contributed by atoms with Crippen LogP contribution in [0.25, 0.3) is 11.3 Å². The molecule has 0 aliphatic carbocycles. The van der Waals surface area contributed by atoms with Crippen molar-refractivity contribution in [2.75, 3.05) is 6.61 Å². The van der Waals surface area contributed by atoms with Gasteiger partial charge in [-0.15, -0.1) is 0 Å². The Bertz CT molecular complexity index is 739. The van der Waals surface area contributed by atoms with E-state index in [0.717, 1.165) is 16.9 Å². The molecule has 0 spiro atoms. The smallest absolute Gasteiger partial charge is 0.266 e. The van der Waals surface area contributed by atoms with E-state index in [0.29, 0.717) is 17.9 Å². The van der Waals surface area contributed by atoms with Crippen LogP contribution in [0.15, 0.2) is 29.1 Å². The Morgan fingerprint density at radius 2 is 1.95 bits per heavy atom. The minimum atomic E-state index is -0.364. The summed E-state index contributed by atoms with van der Waals surface area (Å²) in [4.78, 5) is 14.8. The molecule has 0 aliphatic rings. The summed E-state index contributed by atoms with van der Waals surface area (Å²) in [5, 5.41) is 9.03. The summed E-state index contributed by atoms with van der Waals surface area (Å²) in [7, 11) is 0. The van der Waals surface area contributed by atoms with Gasteiger partial charge in [-0.1, -0.05) is 12.1 Å². The van der Waals surface area contributed by atoms with Gasteiger partial charge in [0.1, 0.15) is 17.4 Å². The molecule has 4 heteroatoms. The minimum absolute atomic E-state index is 0.167. The van der Waals surface area contributed by atoms with Crippen LogP contribution < -0.4 is 10.3 Å². The molecule has 1 N–H and O–H groups in total. The van der Waals surface area contributed by atoms with Crippen LogP contribution in [0.2, 0.25) is 0 Å². The Kier molecular flexibility index (Phi) is 3.90. The molecule has 0 saturated carbocycles. The SMILES string of the molecule is CCOc1ccccc1-c1[nH]c(=O)c(C#N)c(C)c1C. The zero-order valence-electron chi connectivity index (χ0n) is 11.8. The number of para-hydroxylation sites is 1. The molecule has 2 rings (SSSR count). The number of nitrogens with zero attached hydrogens (tertiary/aromatic N) is 1. The molecule has 1 aromatic heterocycles. The van der Waals surface area contributed by atoms with Gasteiger partial charge in [-0.25, -0.2) is 0 Å². The summed E-state index contributed by atoms with van der Waals surface area (Å²) < 4.78 is 5.60. The van der Waals surface area contributed by atoms with Crippen molar-refractivity contribution < 1.29 is 4.74 Å². The van der Waals surface area contributed by atoms with Gasteiger partial charge in [-0.2, -0.15) is 5.26 Å². The summed E-state index contributed by atoms with van der Waals surface area (Å²) in [5.74, 6) is 0.720. The van der Waals surface area contributed by atoms with Crippen molar-refractivity contribution in [3.63, 3.8) is 0 Å². The molecular weight excluding hydrogens is 252 g/mol. The van der Waals surface area contributed by atoms with Crippen molar-refractivity contribution in [2.45, 2.75) is 20.8 Å². The van der Waals surface area contributed by atoms with E-state index >= 15 is 0 Å². The number of hydrogen-bond donors (Lipinski definition) is 1. The van der Waals surface area contributed by atoms with E-state index < -0.39 is 0 Å². The topological polar surface area (TPSA) is 65.9 Å². The predicted molar refractivity (Wildman–Crippen MR) is 77.9 cm³/mol. The van der Waals surface area contributed by atoms with E-state index in [9.17, 15) is 4.79 Å². The fourth-order valence-corrected chi connectivity index (χ4v) is 2.17. The van der Waals surface area contributed by atoms with Crippen molar-refractivity contribution >= 4 is 0 Å². The second kappa shape index (κ2) is 5.62. The van der Waals surface area contributed by atoms with Crippen molar-refractivity contribution in [1.29, 1.82) is 5.26 Å². The van der Waals surface area contributed by atoms with Crippen molar-refractivity contribution in [1.82, 2.24) is 4.98 Å². The fourth-order valence-electron chi connectivity index (χ4n) is 2.17. The lowest BCUT2D eigenvalue weighted by molar-refractivity contribution is 0.341. The monoisotopic (exact) mass is 268 g/mol. The van der Waals surface area contributed by atoms with Crippen LogP contribution in [-0.4, -0.2) is 11.6 Å². The zero-order chi connectivity index (χ0) is 14.7. The second-order valence-corrected chi connectivity index (χ2v) is 4.50. The molecule has 4 nitrogen and oxygen atoms in total. The first kappa shape index (κ1) is 13.9. The molecule has 1 aromatic carbocycles. The number of aromatic amines is 1. The lowest BCUT2D eigenvalue weighted by Gasteiger charge is -2.14. The number of hydrogen-bond acceptors (Lipinski definition) is 3. The summed E-state index contributed by atoms with van der Waals surface area (Å²) in [6, 6.07) is 9.49. The largest absolute Gasteiger partial charge is 0.493 e. The Morgan fingerprint density at radius 1 is 1.25 bits per heavy atom. The third-order valence-electron chi connectivity index (χ3n) is 3.35. The first-order chi connectivity index (χ1) is 9.60. The highest BCUT2D eigenvalue weighted by molar-refractivity contribution is 5.71. The van der Waals surface area contributed by atoms with Gasteiger partial charge >= 0.3 is 0 Å². The molecule has 1 heterocycles. The average molecular weight is 268 g/mol. The van der Waals surface area contributed by atoms with E-state index in [1.165, 1.54) is 0 Å². The molecule has 102 valence electrons. The predicted octanol–water partition coefficient (Wildman–Crippen LogP) is 2.93. The van der Waals surface area contributed by atoms with Gasteiger partial charge in [0, 0.05) is 5.56 Å². The number of aromatic nitrogens is 1. The van der Waals surface area contributed by atoms with Crippen molar-refractivity contribution in [2.24, 2.45) is 0 Å². The van der Waals surface area contributed by atoms with Gasteiger partial charge in [-0.3, -0.25) is 4.79 Å². The van der Waals surface area contributed by atoms with Gasteiger partial charge in [0.05, 0.1) is 12.3 Å². The highest BCUT2D eigenvalue weighted by Gasteiger charge is 2.15. The molecule has 0 amide bonds. The molecule has 0 atom stereocenters. The number of nitriles is 1. The third kappa shape index (κ3) is 2.30. The summed E-state index contributed by atoms with van der Waals surface area (Å²) in [5.41, 5.74) is 2.93. The van der Waals surface area contributed by atoms with Crippen LogP contribution in [0.3, 0.4) is 0 Å². The number of ether oxygens (including phenoxy) is 1. The van der Waals surface area contributed by atoms with Gasteiger partial charge in [-0.05, 0) is 44.0 Å². The Hall–Kier alpha value is -2.54. The van der Waals surface area contributed by atoms with Crippen LogP contribution >= 0.6 is 0 Å². The van der Waals surface area contributed by atoms with Crippen LogP contribution in [0.4, 0.5) is 0 Å². The van der Waals surface area contributed by atoms with Crippen LogP contribution in [0, 0.1) is 25.2 Å². The normalized spacial score (nSPS) is 10.1. The molecule has 0 unspecified atom stereocenters. The van der Waals surface area contributed by atoms with Crippen molar-refractivity contribution in [3.8, 4) is 23.1 Å². The van der Waals surface area contributed by atoms with E-state index in [4.69, 9.17) is 10.00 Å². The molecular formula is C16H16N2O2. The standard InChI is InChI=1S/C16H16N2O2/c1-4-20-14-8-6-5-7-12(14)15-11(3)10(2)13(9-17)16(19)18-15/h5-8H,4H2,1-3H3,(H,18,19). The van der Waals surface area contributed by atoms with Crippen molar-refractivity contribution in [3.05, 3.63) is 51.3 Å². The quantitative estimate of drug-likeness (QED) is 0.930. The number of nitrogens with one attached hydrogen (secondary N) is 1. The fraction of sp³-hybridized carbons (Fsp3) is 0.250. The Labute approximate surface area is 117 Å². The summed E-state index contributed by atoms with van der Waals surface area (Å²) >= 11 is 0. The van der Waals surface area contributed by atoms with Crippen LogP contribution in [0.5, 0.6) is 5.75 Å². The molecule has 0 bridgehead atoms. The summed E-state index contributed by atoms with van der Waals surface area (Å²) in [6.45, 7) is 6.14. The highest BCUT2D eigenvalue weighted by Crippen LogP contribution is 2.31. The average Bonchev–Trinajstić information content (AvgIpc) is 2.45.